The van der Waals surface area contributed by atoms with Crippen LogP contribution in [0.2, 0.25) is 0 Å². The van der Waals surface area contributed by atoms with Crippen molar-refractivity contribution in [3.05, 3.63) is 145 Å². The molecule has 2 heterocycles. The second kappa shape index (κ2) is 11.0. The number of benzene rings is 4. The SMILES string of the molecule is O=C(NCc1cccnc1)c1ccc2c(c1)ncn2-c1cccc(OCc2ccc(-c3ccccc3)cc2)c1. The van der Waals surface area contributed by atoms with E-state index in [1.54, 1.807) is 18.7 Å². The van der Waals surface area contributed by atoms with E-state index in [0.29, 0.717) is 18.7 Å². The highest BCUT2D eigenvalue weighted by atomic mass is 16.5. The number of pyridine rings is 1. The summed E-state index contributed by atoms with van der Waals surface area (Å²) in [5.41, 5.74) is 7.58. The normalized spacial score (nSPS) is 10.9. The average molecular weight is 511 g/mol. The first-order chi connectivity index (χ1) is 19.2. The molecule has 0 saturated carbocycles. The molecule has 0 unspecified atom stereocenters. The summed E-state index contributed by atoms with van der Waals surface area (Å²) in [5.74, 6) is 0.621. The monoisotopic (exact) mass is 510 g/mol. The van der Waals surface area contributed by atoms with Crippen LogP contribution in [0.4, 0.5) is 0 Å². The van der Waals surface area contributed by atoms with Gasteiger partial charge in [-0.3, -0.25) is 14.3 Å². The highest BCUT2D eigenvalue weighted by Crippen LogP contribution is 2.24. The topological polar surface area (TPSA) is 69.0 Å². The third kappa shape index (κ3) is 5.55. The van der Waals surface area contributed by atoms with Crippen molar-refractivity contribution in [3.63, 3.8) is 0 Å². The second-order valence-electron chi connectivity index (χ2n) is 9.21. The predicted molar refractivity (Wildman–Crippen MR) is 153 cm³/mol. The molecule has 6 rings (SSSR count). The number of amides is 1. The number of hydrogen-bond donors (Lipinski definition) is 1. The smallest absolute Gasteiger partial charge is 0.251 e. The third-order valence-electron chi connectivity index (χ3n) is 6.55. The van der Waals surface area contributed by atoms with Gasteiger partial charge in [0.15, 0.2) is 0 Å². The standard InChI is InChI=1S/C33H26N4O2/c38-33(35-21-25-6-5-17-34-20-25)28-15-16-32-31(18-28)36-23-37(32)29-9-4-10-30(19-29)39-22-24-11-13-27(14-12-24)26-7-2-1-3-8-26/h1-20,23H,21-22H2,(H,35,38). The number of nitrogens with zero attached hydrogens (tertiary/aromatic N) is 3. The number of carbonyl (C=O) groups is 1. The fourth-order valence-corrected chi connectivity index (χ4v) is 4.46. The van der Waals surface area contributed by atoms with Crippen molar-refractivity contribution in [1.29, 1.82) is 0 Å². The van der Waals surface area contributed by atoms with Crippen molar-refractivity contribution in [2.24, 2.45) is 0 Å². The predicted octanol–water partition coefficient (Wildman–Crippen LogP) is 6.60. The van der Waals surface area contributed by atoms with Crippen LogP contribution < -0.4 is 10.1 Å². The first-order valence-electron chi connectivity index (χ1n) is 12.7. The van der Waals surface area contributed by atoms with Gasteiger partial charge in [-0.05, 0) is 58.7 Å². The van der Waals surface area contributed by atoms with Gasteiger partial charge in [-0.1, -0.05) is 66.7 Å². The second-order valence-corrected chi connectivity index (χ2v) is 9.21. The number of ether oxygens (including phenoxy) is 1. The van der Waals surface area contributed by atoms with Crippen LogP contribution in [0.1, 0.15) is 21.5 Å². The Balaban J connectivity index is 1.13. The molecule has 0 saturated heterocycles. The number of imidazole rings is 1. The Morgan fingerprint density at radius 2 is 1.64 bits per heavy atom. The summed E-state index contributed by atoms with van der Waals surface area (Å²) in [4.78, 5) is 21.3. The summed E-state index contributed by atoms with van der Waals surface area (Å²) in [6.07, 6.45) is 5.22. The lowest BCUT2D eigenvalue weighted by molar-refractivity contribution is 0.0951. The zero-order chi connectivity index (χ0) is 26.4. The van der Waals surface area contributed by atoms with Crippen molar-refractivity contribution >= 4 is 16.9 Å². The van der Waals surface area contributed by atoms with Gasteiger partial charge in [0.25, 0.3) is 5.91 Å². The molecule has 1 N–H and O–H groups in total. The van der Waals surface area contributed by atoms with Crippen LogP contribution >= 0.6 is 0 Å². The Labute approximate surface area is 226 Å². The van der Waals surface area contributed by atoms with Gasteiger partial charge >= 0.3 is 0 Å². The summed E-state index contributed by atoms with van der Waals surface area (Å²) in [6.45, 7) is 0.893. The summed E-state index contributed by atoms with van der Waals surface area (Å²) < 4.78 is 8.11. The molecular weight excluding hydrogens is 484 g/mol. The molecule has 0 aliphatic rings. The first kappa shape index (κ1) is 24.1. The third-order valence-corrected chi connectivity index (χ3v) is 6.55. The van der Waals surface area contributed by atoms with Gasteiger partial charge in [-0.15, -0.1) is 0 Å². The maximum Gasteiger partial charge on any atom is 0.251 e. The Hall–Kier alpha value is -5.23. The van der Waals surface area contributed by atoms with E-state index in [4.69, 9.17) is 4.74 Å². The summed E-state index contributed by atoms with van der Waals surface area (Å²) in [5, 5.41) is 2.93. The average Bonchev–Trinajstić information content (AvgIpc) is 3.44. The number of hydrogen-bond acceptors (Lipinski definition) is 4. The number of carbonyl (C=O) groups excluding carboxylic acids is 1. The summed E-state index contributed by atoms with van der Waals surface area (Å²) >= 11 is 0. The van der Waals surface area contributed by atoms with Gasteiger partial charge in [-0.2, -0.15) is 0 Å². The highest BCUT2D eigenvalue weighted by Gasteiger charge is 2.11. The number of aromatic nitrogens is 3. The molecular formula is C33H26N4O2. The molecule has 190 valence electrons. The fraction of sp³-hybridized carbons (Fsp3) is 0.0606. The molecule has 6 aromatic rings. The summed E-state index contributed by atoms with van der Waals surface area (Å²) in [6, 6.07) is 36.0. The van der Waals surface area contributed by atoms with Crippen LogP contribution in [0.15, 0.2) is 128 Å². The lowest BCUT2D eigenvalue weighted by Gasteiger charge is -2.10. The lowest BCUT2D eigenvalue weighted by Crippen LogP contribution is -2.22. The molecule has 2 aromatic heterocycles. The van der Waals surface area contributed by atoms with Gasteiger partial charge in [0.2, 0.25) is 0 Å². The van der Waals surface area contributed by atoms with Gasteiger partial charge in [-0.25, -0.2) is 4.98 Å². The highest BCUT2D eigenvalue weighted by molar-refractivity contribution is 5.97. The van der Waals surface area contributed by atoms with E-state index in [-0.39, 0.29) is 5.91 Å². The van der Waals surface area contributed by atoms with E-state index in [0.717, 1.165) is 33.6 Å². The van der Waals surface area contributed by atoms with E-state index < -0.39 is 0 Å². The molecule has 39 heavy (non-hydrogen) atoms. The van der Waals surface area contributed by atoms with E-state index in [1.807, 2.05) is 77.4 Å². The molecule has 0 spiro atoms. The molecule has 1 amide bonds. The molecule has 6 nitrogen and oxygen atoms in total. The fourth-order valence-electron chi connectivity index (χ4n) is 4.46. The van der Waals surface area contributed by atoms with E-state index in [1.165, 1.54) is 11.1 Å². The van der Waals surface area contributed by atoms with E-state index in [2.05, 4.69) is 51.7 Å². The van der Waals surface area contributed by atoms with E-state index >= 15 is 0 Å². The molecule has 0 fully saturated rings. The minimum absolute atomic E-state index is 0.150. The van der Waals surface area contributed by atoms with Crippen LogP contribution in [0.5, 0.6) is 5.75 Å². The first-order valence-corrected chi connectivity index (χ1v) is 12.7. The van der Waals surface area contributed by atoms with Gasteiger partial charge < -0.3 is 10.1 Å². The van der Waals surface area contributed by atoms with E-state index in [9.17, 15) is 4.79 Å². The van der Waals surface area contributed by atoms with Crippen molar-refractivity contribution in [2.75, 3.05) is 0 Å². The van der Waals surface area contributed by atoms with Gasteiger partial charge in [0.05, 0.1) is 16.7 Å². The number of nitrogens with one attached hydrogen (secondary N) is 1. The molecule has 0 aliphatic carbocycles. The Morgan fingerprint density at radius 3 is 2.46 bits per heavy atom. The van der Waals surface area contributed by atoms with Crippen molar-refractivity contribution < 1.29 is 9.53 Å². The number of rotatable bonds is 8. The van der Waals surface area contributed by atoms with Crippen molar-refractivity contribution in [2.45, 2.75) is 13.2 Å². The maximum absolute atomic E-state index is 12.7. The Morgan fingerprint density at radius 1 is 0.795 bits per heavy atom. The van der Waals surface area contributed by atoms with Crippen LogP contribution in [0, 0.1) is 0 Å². The van der Waals surface area contributed by atoms with Crippen LogP contribution in [0.25, 0.3) is 27.8 Å². The van der Waals surface area contributed by atoms with Gasteiger partial charge in [0, 0.05) is 30.6 Å². The zero-order valence-corrected chi connectivity index (χ0v) is 21.2. The van der Waals surface area contributed by atoms with Crippen LogP contribution in [0.3, 0.4) is 0 Å². The molecule has 6 heteroatoms. The molecule has 0 atom stereocenters. The number of fused-ring (bicyclic) bond motifs is 1. The Bertz CT molecular complexity index is 1710. The summed E-state index contributed by atoms with van der Waals surface area (Å²) in [7, 11) is 0. The van der Waals surface area contributed by atoms with Gasteiger partial charge in [0.1, 0.15) is 18.7 Å². The molecule has 0 aliphatic heterocycles. The Kier molecular flexibility index (Phi) is 6.82. The van der Waals surface area contributed by atoms with Crippen molar-refractivity contribution in [1.82, 2.24) is 19.9 Å². The lowest BCUT2D eigenvalue weighted by atomic mass is 10.0. The quantitative estimate of drug-likeness (QED) is 0.251. The largest absolute Gasteiger partial charge is 0.489 e. The van der Waals surface area contributed by atoms with Crippen LogP contribution in [-0.2, 0) is 13.2 Å². The maximum atomic E-state index is 12.7. The minimum Gasteiger partial charge on any atom is -0.489 e. The molecule has 0 radical (unpaired) electrons. The van der Waals surface area contributed by atoms with Crippen molar-refractivity contribution in [3.8, 4) is 22.6 Å². The molecule has 0 bridgehead atoms. The van der Waals surface area contributed by atoms with Crippen LogP contribution in [-0.4, -0.2) is 20.4 Å². The zero-order valence-electron chi connectivity index (χ0n) is 21.2. The molecule has 4 aromatic carbocycles. The minimum atomic E-state index is -0.150.